The van der Waals surface area contributed by atoms with Gasteiger partial charge in [0.15, 0.2) is 4.80 Å². The summed E-state index contributed by atoms with van der Waals surface area (Å²) in [6.45, 7) is 3.61. The topological polar surface area (TPSA) is 135 Å². The summed E-state index contributed by atoms with van der Waals surface area (Å²) in [4.78, 5) is 42.5. The van der Waals surface area contributed by atoms with Gasteiger partial charge < -0.3 is 18.6 Å². The lowest BCUT2D eigenvalue weighted by Gasteiger charge is -2.24. The number of nitro groups is 1. The molecule has 0 unspecified atom stereocenters. The third-order valence-corrected chi connectivity index (χ3v) is 7.49. The van der Waals surface area contributed by atoms with Crippen LogP contribution in [0.5, 0.6) is 11.5 Å². The van der Waals surface area contributed by atoms with E-state index in [2.05, 4.69) is 4.99 Å². The van der Waals surface area contributed by atoms with E-state index in [9.17, 15) is 19.7 Å². The minimum absolute atomic E-state index is 0.109. The monoisotopic (exact) mass is 575 g/mol. The Kier molecular flexibility index (Phi) is 7.58. The quantitative estimate of drug-likeness (QED) is 0.175. The number of carbonyl (C=O) groups is 1. The van der Waals surface area contributed by atoms with E-state index in [1.165, 1.54) is 35.1 Å². The van der Waals surface area contributed by atoms with E-state index in [0.29, 0.717) is 43.4 Å². The number of furan rings is 1. The molecule has 0 saturated carbocycles. The molecule has 2 aromatic carbocycles. The third-order valence-electron chi connectivity index (χ3n) is 6.51. The molecule has 41 heavy (non-hydrogen) atoms. The smallest absolute Gasteiger partial charge is 0.338 e. The van der Waals surface area contributed by atoms with Gasteiger partial charge in [-0.1, -0.05) is 23.5 Å². The van der Waals surface area contributed by atoms with E-state index in [4.69, 9.17) is 18.6 Å². The highest BCUT2D eigenvalue weighted by molar-refractivity contribution is 7.07. The molecule has 12 heteroatoms. The van der Waals surface area contributed by atoms with Crippen LogP contribution in [-0.2, 0) is 9.53 Å². The van der Waals surface area contributed by atoms with Gasteiger partial charge in [0.25, 0.3) is 11.2 Å². The largest absolute Gasteiger partial charge is 0.497 e. The highest BCUT2D eigenvalue weighted by Gasteiger charge is 2.33. The average Bonchev–Trinajstić information content (AvgIpc) is 3.56. The van der Waals surface area contributed by atoms with Crippen LogP contribution in [0.15, 0.2) is 80.1 Å². The number of aromatic nitrogens is 1. The molecule has 0 aliphatic carbocycles. The number of rotatable bonds is 8. The summed E-state index contributed by atoms with van der Waals surface area (Å²) in [5, 5.41) is 11.1. The van der Waals surface area contributed by atoms with Crippen LogP contribution >= 0.6 is 11.3 Å². The lowest BCUT2D eigenvalue weighted by atomic mass is 9.96. The Morgan fingerprint density at radius 2 is 1.90 bits per heavy atom. The first-order valence-corrected chi connectivity index (χ1v) is 13.3. The van der Waals surface area contributed by atoms with Crippen LogP contribution in [0, 0.1) is 10.1 Å². The number of carbonyl (C=O) groups excluding carboxylic acids is 1. The van der Waals surface area contributed by atoms with E-state index < -0.39 is 16.9 Å². The lowest BCUT2D eigenvalue weighted by Crippen LogP contribution is -2.39. The number of ether oxygens (including phenoxy) is 3. The molecular formula is C29H25N3O8S. The minimum Gasteiger partial charge on any atom is -0.497 e. The Labute approximate surface area is 237 Å². The molecule has 3 heterocycles. The molecule has 2 aromatic heterocycles. The first kappa shape index (κ1) is 27.6. The van der Waals surface area contributed by atoms with Crippen LogP contribution in [0.3, 0.4) is 0 Å². The van der Waals surface area contributed by atoms with Crippen molar-refractivity contribution in [1.29, 1.82) is 0 Å². The zero-order valence-electron chi connectivity index (χ0n) is 22.6. The van der Waals surface area contributed by atoms with Crippen molar-refractivity contribution >= 4 is 29.1 Å². The Morgan fingerprint density at radius 3 is 2.56 bits per heavy atom. The number of esters is 1. The van der Waals surface area contributed by atoms with E-state index >= 15 is 0 Å². The highest BCUT2D eigenvalue weighted by Crippen LogP contribution is 2.35. The first-order valence-electron chi connectivity index (χ1n) is 12.5. The molecule has 5 rings (SSSR count). The standard InChI is InChI=1S/C29H25N3O8S/c1-5-39-28(34)25-16(2)30-29-31(26(25)17-6-9-19(37-3)10-7-17)27(33)24(41-29)15-20-11-13-22(40-20)21-12-8-18(32(35)36)14-23(21)38-4/h6-15,26H,5H2,1-4H3/b24-15-/t26-/m1/s1. The van der Waals surface area contributed by atoms with Gasteiger partial charge in [0.05, 0.1) is 59.2 Å². The molecule has 0 saturated heterocycles. The van der Waals surface area contributed by atoms with Crippen molar-refractivity contribution < 1.29 is 28.3 Å². The molecule has 0 spiro atoms. The van der Waals surface area contributed by atoms with Crippen LogP contribution in [0.25, 0.3) is 17.4 Å². The number of fused-ring (bicyclic) bond motifs is 1. The molecule has 1 atom stereocenters. The van der Waals surface area contributed by atoms with Crippen molar-refractivity contribution in [2.75, 3.05) is 20.8 Å². The van der Waals surface area contributed by atoms with Crippen molar-refractivity contribution in [2.24, 2.45) is 4.99 Å². The van der Waals surface area contributed by atoms with Crippen molar-refractivity contribution in [2.45, 2.75) is 19.9 Å². The molecule has 11 nitrogen and oxygen atoms in total. The first-order chi connectivity index (χ1) is 19.7. The molecule has 210 valence electrons. The number of non-ortho nitro benzene ring substituents is 1. The number of hydrogen-bond donors (Lipinski definition) is 0. The zero-order valence-corrected chi connectivity index (χ0v) is 23.4. The van der Waals surface area contributed by atoms with Crippen molar-refractivity contribution in [1.82, 2.24) is 4.57 Å². The second kappa shape index (κ2) is 11.3. The van der Waals surface area contributed by atoms with Crippen LogP contribution in [0.4, 0.5) is 5.69 Å². The zero-order chi connectivity index (χ0) is 29.3. The predicted molar refractivity (Wildman–Crippen MR) is 151 cm³/mol. The molecule has 0 fully saturated rings. The summed E-state index contributed by atoms with van der Waals surface area (Å²) in [5.41, 5.74) is 1.50. The molecular weight excluding hydrogens is 550 g/mol. The van der Waals surface area contributed by atoms with Crippen molar-refractivity contribution in [3.63, 3.8) is 0 Å². The minimum atomic E-state index is -0.755. The number of allylic oxidation sites excluding steroid dienone is 1. The molecule has 0 bridgehead atoms. The summed E-state index contributed by atoms with van der Waals surface area (Å²) in [5.74, 6) is 1.16. The Hall–Kier alpha value is -4.97. The van der Waals surface area contributed by atoms with Gasteiger partial charge in [-0.2, -0.15) is 0 Å². The van der Waals surface area contributed by atoms with Gasteiger partial charge in [0.1, 0.15) is 23.0 Å². The SMILES string of the molecule is CCOC(=O)C1=C(C)N=c2s/c(=C\c3ccc(-c4ccc([N+](=O)[O-])cc4OC)o3)c(=O)n2[C@@H]1c1ccc(OC)cc1. The lowest BCUT2D eigenvalue weighted by molar-refractivity contribution is -0.384. The number of hydrogen-bond acceptors (Lipinski definition) is 10. The maximum absolute atomic E-state index is 13.8. The van der Waals surface area contributed by atoms with Gasteiger partial charge in [-0.15, -0.1) is 0 Å². The second-order valence-corrected chi connectivity index (χ2v) is 9.93. The van der Waals surface area contributed by atoms with Gasteiger partial charge in [-0.05, 0) is 49.7 Å². The molecule has 0 radical (unpaired) electrons. The number of nitro benzene ring substituents is 1. The van der Waals surface area contributed by atoms with E-state index in [0.717, 1.165) is 0 Å². The second-order valence-electron chi connectivity index (χ2n) is 8.92. The molecule has 0 amide bonds. The Bertz CT molecular complexity index is 1860. The molecule has 0 N–H and O–H groups in total. The molecule has 1 aliphatic rings. The predicted octanol–water partition coefficient (Wildman–Crippen LogP) is 3.98. The molecule has 4 aromatic rings. The van der Waals surface area contributed by atoms with Crippen molar-refractivity contribution in [3.8, 4) is 22.8 Å². The fourth-order valence-corrected chi connectivity index (χ4v) is 5.62. The van der Waals surface area contributed by atoms with E-state index in [-0.39, 0.29) is 29.2 Å². The number of methoxy groups -OCH3 is 2. The fraction of sp³-hybridized carbons (Fsp3) is 0.207. The summed E-state index contributed by atoms with van der Waals surface area (Å²) in [6.07, 6.45) is 1.60. The Balaban J connectivity index is 1.60. The summed E-state index contributed by atoms with van der Waals surface area (Å²) in [7, 11) is 2.98. The maximum Gasteiger partial charge on any atom is 0.338 e. The van der Waals surface area contributed by atoms with E-state index in [1.807, 2.05) is 0 Å². The average molecular weight is 576 g/mol. The Morgan fingerprint density at radius 1 is 1.15 bits per heavy atom. The van der Waals surface area contributed by atoms with E-state index in [1.54, 1.807) is 69.5 Å². The normalized spacial score (nSPS) is 14.8. The highest BCUT2D eigenvalue weighted by atomic mass is 32.1. The summed E-state index contributed by atoms with van der Waals surface area (Å²) in [6, 6.07) is 14.0. The number of nitrogens with zero attached hydrogens (tertiary/aromatic N) is 3. The van der Waals surface area contributed by atoms with Gasteiger partial charge in [-0.3, -0.25) is 19.5 Å². The number of benzene rings is 2. The number of thiazole rings is 1. The summed E-state index contributed by atoms with van der Waals surface area (Å²) < 4.78 is 23.7. The summed E-state index contributed by atoms with van der Waals surface area (Å²) >= 11 is 1.17. The van der Waals surface area contributed by atoms with Crippen molar-refractivity contribution in [3.05, 3.63) is 107 Å². The third kappa shape index (κ3) is 5.16. The fourth-order valence-electron chi connectivity index (χ4n) is 4.59. The van der Waals surface area contributed by atoms with Gasteiger partial charge in [-0.25, -0.2) is 9.79 Å². The molecule has 1 aliphatic heterocycles. The van der Waals surface area contributed by atoms with Gasteiger partial charge in [0.2, 0.25) is 0 Å². The van der Waals surface area contributed by atoms with Crippen LogP contribution in [0.2, 0.25) is 0 Å². The maximum atomic E-state index is 13.8. The van der Waals surface area contributed by atoms with Crippen LogP contribution < -0.4 is 24.4 Å². The van der Waals surface area contributed by atoms with Gasteiger partial charge in [0, 0.05) is 12.1 Å². The van der Waals surface area contributed by atoms with Gasteiger partial charge >= 0.3 is 5.97 Å². The van der Waals surface area contributed by atoms with Crippen LogP contribution in [-0.4, -0.2) is 36.3 Å². The van der Waals surface area contributed by atoms with Crippen LogP contribution in [0.1, 0.15) is 31.2 Å².